The molecule has 1 amide bonds. The van der Waals surface area contributed by atoms with Gasteiger partial charge in [0.25, 0.3) is 5.91 Å². The van der Waals surface area contributed by atoms with E-state index in [1.54, 1.807) is 31.4 Å². The van der Waals surface area contributed by atoms with Gasteiger partial charge in [0.15, 0.2) is 0 Å². The number of benzene rings is 2. The number of nitrogens with one attached hydrogen (secondary N) is 2. The monoisotopic (exact) mass is 348 g/mol. The maximum atomic E-state index is 12.2. The minimum atomic E-state index is -0.601. The van der Waals surface area contributed by atoms with Crippen LogP contribution < -0.4 is 15.9 Å². The van der Waals surface area contributed by atoms with Gasteiger partial charge in [0.05, 0.1) is 19.0 Å². The van der Waals surface area contributed by atoms with Gasteiger partial charge in [-0.15, -0.1) is 0 Å². The number of aromatic amines is 1. The molecule has 0 atom stereocenters. The van der Waals surface area contributed by atoms with Gasteiger partial charge in [0, 0.05) is 5.56 Å². The molecule has 0 spiro atoms. The van der Waals surface area contributed by atoms with Crippen LogP contribution in [-0.4, -0.2) is 29.2 Å². The number of hydrogen-bond donors (Lipinski definition) is 2. The molecule has 130 valence electrons. The molecular weight excluding hydrogens is 332 g/mol. The second kappa shape index (κ2) is 7.89. The van der Waals surface area contributed by atoms with E-state index in [0.29, 0.717) is 5.69 Å². The van der Waals surface area contributed by atoms with Crippen LogP contribution >= 0.6 is 0 Å². The number of rotatable bonds is 5. The highest BCUT2D eigenvalue weighted by molar-refractivity contribution is 5.93. The molecule has 0 radical (unpaired) electrons. The van der Waals surface area contributed by atoms with Gasteiger partial charge < -0.3 is 9.72 Å². The average molecular weight is 348 g/mol. The molecule has 0 bridgehead atoms. The Morgan fingerprint density at radius 3 is 2.58 bits per heavy atom. The summed E-state index contributed by atoms with van der Waals surface area (Å²) in [5.41, 5.74) is 3.81. The average Bonchev–Trinajstić information content (AvgIpc) is 2.68. The van der Waals surface area contributed by atoms with Crippen LogP contribution in [-0.2, 0) is 0 Å². The van der Waals surface area contributed by atoms with Gasteiger partial charge in [0.2, 0.25) is 0 Å². The lowest BCUT2D eigenvalue weighted by atomic mass is 10.1. The molecule has 0 fully saturated rings. The molecule has 26 heavy (non-hydrogen) atoms. The van der Waals surface area contributed by atoms with Crippen molar-refractivity contribution in [3.8, 4) is 17.0 Å². The fourth-order valence-electron chi connectivity index (χ4n) is 2.25. The van der Waals surface area contributed by atoms with Gasteiger partial charge in [-0.2, -0.15) is 10.1 Å². The highest BCUT2D eigenvalue weighted by Gasteiger charge is 2.09. The predicted molar refractivity (Wildman–Crippen MR) is 98.3 cm³/mol. The van der Waals surface area contributed by atoms with Gasteiger partial charge in [-0.25, -0.2) is 10.2 Å². The number of hydrogen-bond acceptors (Lipinski definition) is 5. The molecule has 0 aliphatic carbocycles. The van der Waals surface area contributed by atoms with Crippen molar-refractivity contribution in [2.75, 3.05) is 7.11 Å². The summed E-state index contributed by atoms with van der Waals surface area (Å²) < 4.78 is 5.07. The van der Waals surface area contributed by atoms with Crippen LogP contribution in [0.15, 0.2) is 70.6 Å². The molecule has 0 aliphatic rings. The SMILES string of the molecule is COc1ccc(/C=N/NC(=O)c2cc(-c3ccccc3)nc(=O)[nH]2)cc1. The summed E-state index contributed by atoms with van der Waals surface area (Å²) in [6, 6.07) is 17.8. The predicted octanol–water partition coefficient (Wildman–Crippen LogP) is 2.21. The standard InChI is InChI=1S/C19H16N4O3/c1-26-15-9-7-13(8-10-15)12-20-23-18(24)17-11-16(21-19(25)22-17)14-5-3-2-4-6-14/h2-12H,1H3,(H,23,24)(H,21,22,25)/b20-12+. The molecule has 2 aromatic carbocycles. The van der Waals surface area contributed by atoms with E-state index in [2.05, 4.69) is 20.5 Å². The van der Waals surface area contributed by atoms with Crippen molar-refractivity contribution in [2.45, 2.75) is 0 Å². The van der Waals surface area contributed by atoms with Crippen LogP contribution in [0.5, 0.6) is 5.75 Å². The van der Waals surface area contributed by atoms with Gasteiger partial charge in [-0.1, -0.05) is 30.3 Å². The molecule has 1 aromatic heterocycles. The van der Waals surface area contributed by atoms with Crippen molar-refractivity contribution in [3.63, 3.8) is 0 Å². The number of H-pyrrole nitrogens is 1. The zero-order chi connectivity index (χ0) is 18.4. The smallest absolute Gasteiger partial charge is 0.346 e. The zero-order valence-corrected chi connectivity index (χ0v) is 14.0. The largest absolute Gasteiger partial charge is 0.497 e. The highest BCUT2D eigenvalue weighted by atomic mass is 16.5. The third-order valence-electron chi connectivity index (χ3n) is 3.55. The van der Waals surface area contributed by atoms with E-state index in [-0.39, 0.29) is 5.69 Å². The topological polar surface area (TPSA) is 96.4 Å². The van der Waals surface area contributed by atoms with E-state index in [1.165, 1.54) is 12.3 Å². The number of carbonyl (C=O) groups is 1. The molecule has 7 heteroatoms. The van der Waals surface area contributed by atoms with Crippen LogP contribution in [0.4, 0.5) is 0 Å². The lowest BCUT2D eigenvalue weighted by molar-refractivity contribution is 0.0949. The fourth-order valence-corrected chi connectivity index (χ4v) is 2.25. The van der Waals surface area contributed by atoms with Crippen molar-refractivity contribution in [1.82, 2.24) is 15.4 Å². The molecule has 0 saturated heterocycles. The van der Waals surface area contributed by atoms with E-state index in [9.17, 15) is 9.59 Å². The molecule has 7 nitrogen and oxygen atoms in total. The molecule has 0 aliphatic heterocycles. The van der Waals surface area contributed by atoms with Crippen LogP contribution in [0, 0.1) is 0 Å². The Balaban J connectivity index is 1.74. The fraction of sp³-hybridized carbons (Fsp3) is 0.0526. The number of methoxy groups -OCH3 is 1. The minimum absolute atomic E-state index is 0.0794. The summed E-state index contributed by atoms with van der Waals surface area (Å²) in [7, 11) is 1.59. The Morgan fingerprint density at radius 2 is 1.88 bits per heavy atom. The molecule has 0 unspecified atom stereocenters. The summed E-state index contributed by atoms with van der Waals surface area (Å²) in [5.74, 6) is 0.195. The molecule has 1 heterocycles. The number of carbonyl (C=O) groups excluding carboxylic acids is 1. The summed E-state index contributed by atoms with van der Waals surface area (Å²) >= 11 is 0. The van der Waals surface area contributed by atoms with E-state index >= 15 is 0 Å². The molecule has 0 saturated carbocycles. The lowest BCUT2D eigenvalue weighted by Crippen LogP contribution is -2.24. The number of amides is 1. The normalized spacial score (nSPS) is 10.7. The second-order valence-electron chi connectivity index (χ2n) is 5.32. The first-order valence-electron chi connectivity index (χ1n) is 7.80. The maximum absolute atomic E-state index is 12.2. The Hall–Kier alpha value is -3.74. The first-order chi connectivity index (χ1) is 12.7. The lowest BCUT2D eigenvalue weighted by Gasteiger charge is -2.03. The number of ether oxygens (including phenoxy) is 1. The third-order valence-corrected chi connectivity index (χ3v) is 3.55. The summed E-state index contributed by atoms with van der Waals surface area (Å²) in [5, 5.41) is 3.90. The van der Waals surface area contributed by atoms with Crippen molar-refractivity contribution >= 4 is 12.1 Å². The van der Waals surface area contributed by atoms with Gasteiger partial charge >= 0.3 is 5.69 Å². The van der Waals surface area contributed by atoms with Crippen molar-refractivity contribution in [1.29, 1.82) is 0 Å². The Bertz CT molecular complexity index is 980. The highest BCUT2D eigenvalue weighted by Crippen LogP contribution is 2.15. The molecule has 3 aromatic rings. The quantitative estimate of drug-likeness (QED) is 0.546. The van der Waals surface area contributed by atoms with Gasteiger partial charge in [-0.05, 0) is 35.9 Å². The maximum Gasteiger partial charge on any atom is 0.346 e. The van der Waals surface area contributed by atoms with Gasteiger partial charge in [-0.3, -0.25) is 4.79 Å². The third kappa shape index (κ3) is 4.21. The van der Waals surface area contributed by atoms with E-state index in [4.69, 9.17) is 4.74 Å². The summed E-state index contributed by atoms with van der Waals surface area (Å²) in [6.45, 7) is 0. The first-order valence-corrected chi connectivity index (χ1v) is 7.80. The van der Waals surface area contributed by atoms with E-state index in [0.717, 1.165) is 16.9 Å². The molecule has 2 N–H and O–H groups in total. The Kier molecular flexibility index (Phi) is 5.19. The molecular formula is C19H16N4O3. The Labute approximate surface area is 149 Å². The first kappa shape index (κ1) is 17.1. The number of aromatic nitrogens is 2. The van der Waals surface area contributed by atoms with Crippen LogP contribution in [0.25, 0.3) is 11.3 Å². The second-order valence-corrected chi connectivity index (χ2v) is 5.32. The van der Waals surface area contributed by atoms with Crippen molar-refractivity contribution in [2.24, 2.45) is 5.10 Å². The van der Waals surface area contributed by atoms with Crippen LogP contribution in [0.3, 0.4) is 0 Å². The van der Waals surface area contributed by atoms with Gasteiger partial charge in [0.1, 0.15) is 11.4 Å². The summed E-state index contributed by atoms with van der Waals surface area (Å²) in [6.07, 6.45) is 1.49. The zero-order valence-electron chi connectivity index (χ0n) is 14.0. The minimum Gasteiger partial charge on any atom is -0.497 e. The molecule has 3 rings (SSSR count). The number of nitrogens with zero attached hydrogens (tertiary/aromatic N) is 2. The van der Waals surface area contributed by atoms with E-state index < -0.39 is 11.6 Å². The van der Waals surface area contributed by atoms with E-state index in [1.807, 2.05) is 30.3 Å². The number of hydrazone groups is 1. The van der Waals surface area contributed by atoms with Crippen LogP contribution in [0.1, 0.15) is 16.1 Å². The van der Waals surface area contributed by atoms with Crippen LogP contribution in [0.2, 0.25) is 0 Å². The van der Waals surface area contributed by atoms with Crippen molar-refractivity contribution < 1.29 is 9.53 Å². The summed E-state index contributed by atoms with van der Waals surface area (Å²) in [4.78, 5) is 30.3. The van der Waals surface area contributed by atoms with Crippen molar-refractivity contribution in [3.05, 3.63) is 82.4 Å². The Morgan fingerprint density at radius 1 is 1.15 bits per heavy atom.